The van der Waals surface area contributed by atoms with Gasteiger partial charge < -0.3 is 14.5 Å². The number of nitrogens with zero attached hydrogens (tertiary/aromatic N) is 2. The lowest BCUT2D eigenvalue weighted by molar-refractivity contribution is -0.274. The number of aromatic nitrogens is 1. The van der Waals surface area contributed by atoms with Gasteiger partial charge >= 0.3 is 6.36 Å². The molecule has 0 saturated carbocycles. The van der Waals surface area contributed by atoms with Gasteiger partial charge in [-0.25, -0.2) is 0 Å². The maximum Gasteiger partial charge on any atom is 0.573 e. The molecule has 0 unspecified atom stereocenters. The van der Waals surface area contributed by atoms with Crippen molar-refractivity contribution in [1.82, 2.24) is 9.88 Å². The largest absolute Gasteiger partial charge is 0.573 e. The fraction of sp³-hybridized carbons (Fsp3) is 0.158. The van der Waals surface area contributed by atoms with E-state index < -0.39 is 12.3 Å². The zero-order valence-electron chi connectivity index (χ0n) is 14.6. The third kappa shape index (κ3) is 4.17. The Balaban J connectivity index is 1.73. The normalized spacial score (nSPS) is 11.1. The SMILES string of the molecule is Cc1oc(-n2cccc2)c(C#N)c1C(=O)NCc1ccc(OC(F)(F)F)cc1. The van der Waals surface area contributed by atoms with Crippen molar-refractivity contribution in [2.24, 2.45) is 0 Å². The predicted octanol–water partition coefficient (Wildman–Crippen LogP) is 4.08. The average molecular weight is 389 g/mol. The van der Waals surface area contributed by atoms with Crippen LogP contribution in [-0.2, 0) is 6.54 Å². The Bertz CT molecular complexity index is 1010. The minimum atomic E-state index is -4.76. The fourth-order valence-corrected chi connectivity index (χ4v) is 2.64. The van der Waals surface area contributed by atoms with Gasteiger partial charge in [0.15, 0.2) is 0 Å². The van der Waals surface area contributed by atoms with Crippen molar-refractivity contribution in [1.29, 1.82) is 5.26 Å². The van der Waals surface area contributed by atoms with Gasteiger partial charge in [-0.1, -0.05) is 12.1 Å². The number of nitrogens with one attached hydrogen (secondary N) is 1. The number of amides is 1. The molecular formula is C19H14F3N3O3. The molecule has 0 aliphatic rings. The van der Waals surface area contributed by atoms with Crippen LogP contribution in [0, 0.1) is 18.3 Å². The second kappa shape index (κ2) is 7.52. The van der Waals surface area contributed by atoms with Gasteiger partial charge in [-0.3, -0.25) is 9.36 Å². The molecule has 1 aromatic carbocycles. The molecule has 3 rings (SSSR count). The van der Waals surface area contributed by atoms with Gasteiger partial charge in [0.25, 0.3) is 5.91 Å². The zero-order chi connectivity index (χ0) is 20.3. The van der Waals surface area contributed by atoms with Gasteiger partial charge in [-0.05, 0) is 36.8 Å². The van der Waals surface area contributed by atoms with Crippen molar-refractivity contribution in [3.8, 4) is 17.7 Å². The number of carbonyl (C=O) groups is 1. The van der Waals surface area contributed by atoms with Crippen LogP contribution >= 0.6 is 0 Å². The molecule has 2 heterocycles. The van der Waals surface area contributed by atoms with E-state index >= 15 is 0 Å². The number of aryl methyl sites for hydroxylation is 1. The molecule has 28 heavy (non-hydrogen) atoms. The van der Waals surface area contributed by atoms with Crippen LogP contribution in [0.25, 0.3) is 5.88 Å². The van der Waals surface area contributed by atoms with E-state index in [1.165, 1.54) is 12.1 Å². The Kier molecular flexibility index (Phi) is 5.13. The number of alkyl halides is 3. The lowest BCUT2D eigenvalue weighted by Gasteiger charge is -2.09. The minimum Gasteiger partial charge on any atom is -0.443 e. The van der Waals surface area contributed by atoms with E-state index in [-0.39, 0.29) is 35.1 Å². The topological polar surface area (TPSA) is 80.2 Å². The first-order valence-electron chi connectivity index (χ1n) is 8.08. The Hall–Kier alpha value is -3.67. The molecule has 0 bridgehead atoms. The van der Waals surface area contributed by atoms with Crippen molar-refractivity contribution < 1.29 is 27.1 Å². The van der Waals surface area contributed by atoms with Gasteiger partial charge in [0, 0.05) is 18.9 Å². The van der Waals surface area contributed by atoms with Gasteiger partial charge in [0.1, 0.15) is 28.7 Å². The standard InChI is InChI=1S/C19H14F3N3O3/c1-12-16(15(10-23)18(27-12)25-8-2-3-9-25)17(26)24-11-13-4-6-14(7-5-13)28-19(20,21)22/h2-9H,11H2,1H3,(H,24,26). The van der Waals surface area contributed by atoms with E-state index in [0.29, 0.717) is 5.56 Å². The molecule has 9 heteroatoms. The lowest BCUT2D eigenvalue weighted by atomic mass is 10.1. The summed E-state index contributed by atoms with van der Waals surface area (Å²) in [5.74, 6) is -0.348. The third-order valence-corrected chi connectivity index (χ3v) is 3.85. The summed E-state index contributed by atoms with van der Waals surface area (Å²) in [4.78, 5) is 12.6. The first-order valence-corrected chi connectivity index (χ1v) is 8.08. The van der Waals surface area contributed by atoms with Crippen LogP contribution in [0.3, 0.4) is 0 Å². The van der Waals surface area contributed by atoms with Crippen LogP contribution in [0.15, 0.2) is 53.2 Å². The second-order valence-corrected chi connectivity index (χ2v) is 5.79. The van der Waals surface area contributed by atoms with Gasteiger partial charge in [0.2, 0.25) is 5.88 Å². The summed E-state index contributed by atoms with van der Waals surface area (Å²) in [6.07, 6.45) is -1.39. The predicted molar refractivity (Wildman–Crippen MR) is 91.8 cm³/mol. The summed E-state index contributed by atoms with van der Waals surface area (Å²) in [6.45, 7) is 1.63. The first kappa shape index (κ1) is 19.1. The van der Waals surface area contributed by atoms with E-state index in [4.69, 9.17) is 4.42 Å². The molecule has 0 spiro atoms. The summed E-state index contributed by atoms with van der Waals surface area (Å²) in [5, 5.41) is 12.1. The summed E-state index contributed by atoms with van der Waals surface area (Å²) in [5.41, 5.74) is 0.775. The van der Waals surface area contributed by atoms with E-state index in [1.54, 1.807) is 36.0 Å². The molecule has 1 N–H and O–H groups in total. The number of nitriles is 1. The Labute approximate surface area is 157 Å². The summed E-state index contributed by atoms with van der Waals surface area (Å²) < 4.78 is 47.5. The number of hydrogen-bond donors (Lipinski definition) is 1. The number of rotatable bonds is 5. The number of ether oxygens (including phenoxy) is 1. The third-order valence-electron chi connectivity index (χ3n) is 3.85. The maximum absolute atomic E-state index is 12.6. The number of furan rings is 1. The molecule has 2 aromatic heterocycles. The van der Waals surface area contributed by atoms with Gasteiger partial charge in [-0.2, -0.15) is 5.26 Å². The van der Waals surface area contributed by atoms with Crippen molar-refractivity contribution in [3.63, 3.8) is 0 Å². The van der Waals surface area contributed by atoms with Crippen LogP contribution < -0.4 is 10.1 Å². The summed E-state index contributed by atoms with van der Waals surface area (Å²) in [6, 6.07) is 10.6. The second-order valence-electron chi connectivity index (χ2n) is 5.79. The highest BCUT2D eigenvalue weighted by Gasteiger charge is 2.31. The van der Waals surface area contributed by atoms with Gasteiger partial charge in [0.05, 0.1) is 0 Å². The van der Waals surface area contributed by atoms with Crippen LogP contribution in [0.1, 0.15) is 27.2 Å². The Morgan fingerprint density at radius 1 is 1.25 bits per heavy atom. The molecule has 3 aromatic rings. The fourth-order valence-electron chi connectivity index (χ4n) is 2.64. The molecule has 0 aliphatic carbocycles. The molecule has 0 radical (unpaired) electrons. The average Bonchev–Trinajstić information content (AvgIpc) is 3.26. The highest BCUT2D eigenvalue weighted by Crippen LogP contribution is 2.26. The van der Waals surface area contributed by atoms with Crippen molar-refractivity contribution in [3.05, 3.63) is 71.2 Å². The van der Waals surface area contributed by atoms with Crippen molar-refractivity contribution in [2.45, 2.75) is 19.8 Å². The molecule has 1 amide bonds. The van der Waals surface area contributed by atoms with Gasteiger partial charge in [-0.15, -0.1) is 13.2 Å². The zero-order valence-corrected chi connectivity index (χ0v) is 14.6. The number of carbonyl (C=O) groups excluding carboxylic acids is 1. The van der Waals surface area contributed by atoms with Crippen LogP contribution in [-0.4, -0.2) is 16.8 Å². The molecule has 0 fully saturated rings. The smallest absolute Gasteiger partial charge is 0.443 e. The van der Waals surface area contributed by atoms with E-state index in [2.05, 4.69) is 10.1 Å². The maximum atomic E-state index is 12.6. The van der Waals surface area contributed by atoms with Crippen LogP contribution in [0.5, 0.6) is 5.75 Å². The number of halogens is 3. The molecule has 0 saturated heterocycles. The van der Waals surface area contributed by atoms with Crippen LogP contribution in [0.4, 0.5) is 13.2 Å². The van der Waals surface area contributed by atoms with E-state index in [1.807, 2.05) is 6.07 Å². The highest BCUT2D eigenvalue weighted by atomic mass is 19.4. The highest BCUT2D eigenvalue weighted by molar-refractivity contribution is 5.98. The Morgan fingerprint density at radius 3 is 2.46 bits per heavy atom. The summed E-state index contributed by atoms with van der Waals surface area (Å²) >= 11 is 0. The quantitative estimate of drug-likeness (QED) is 0.713. The molecule has 144 valence electrons. The molecule has 0 aliphatic heterocycles. The minimum absolute atomic E-state index is 0.0550. The van der Waals surface area contributed by atoms with E-state index in [0.717, 1.165) is 12.1 Å². The van der Waals surface area contributed by atoms with Crippen LogP contribution in [0.2, 0.25) is 0 Å². The van der Waals surface area contributed by atoms with Crippen molar-refractivity contribution >= 4 is 5.91 Å². The molecule has 6 nitrogen and oxygen atoms in total. The first-order chi connectivity index (χ1) is 13.3. The van der Waals surface area contributed by atoms with Crippen molar-refractivity contribution in [2.75, 3.05) is 0 Å². The number of benzene rings is 1. The molecule has 0 atom stereocenters. The Morgan fingerprint density at radius 2 is 1.89 bits per heavy atom. The molecular weight excluding hydrogens is 375 g/mol. The summed E-state index contributed by atoms with van der Waals surface area (Å²) in [7, 11) is 0. The van der Waals surface area contributed by atoms with E-state index in [9.17, 15) is 23.2 Å². The number of hydrogen-bond acceptors (Lipinski definition) is 4. The lowest BCUT2D eigenvalue weighted by Crippen LogP contribution is -2.24. The monoisotopic (exact) mass is 389 g/mol.